The van der Waals surface area contributed by atoms with Gasteiger partial charge in [0.25, 0.3) is 0 Å². The molecule has 0 bridgehead atoms. The summed E-state index contributed by atoms with van der Waals surface area (Å²) in [5, 5.41) is 18.8. The van der Waals surface area contributed by atoms with Crippen LogP contribution in [-0.2, 0) is 16.1 Å². The Labute approximate surface area is 128 Å². The van der Waals surface area contributed by atoms with Crippen LogP contribution in [0.4, 0.5) is 0 Å². The van der Waals surface area contributed by atoms with Crippen LogP contribution in [-0.4, -0.2) is 17.1 Å². The van der Waals surface area contributed by atoms with Crippen LogP contribution in [0, 0.1) is 22.7 Å². The van der Waals surface area contributed by atoms with Crippen molar-refractivity contribution in [3.8, 4) is 12.1 Å². The lowest BCUT2D eigenvalue weighted by Gasteiger charge is -2.00. The predicted molar refractivity (Wildman–Crippen MR) is 82.4 cm³/mol. The number of hydrogen-bond donors (Lipinski definition) is 0. The highest BCUT2D eigenvalue weighted by Crippen LogP contribution is 2.24. The van der Waals surface area contributed by atoms with Crippen LogP contribution in [0.5, 0.6) is 0 Å². The zero-order valence-electron chi connectivity index (χ0n) is 12.2. The number of para-hydroxylation sites is 1. The minimum absolute atomic E-state index is 0.0370. The van der Waals surface area contributed by atoms with Gasteiger partial charge in [-0.05, 0) is 19.1 Å². The predicted octanol–water partition coefficient (Wildman–Crippen LogP) is 3.03. The number of esters is 1. The van der Waals surface area contributed by atoms with Crippen LogP contribution in [0.1, 0.15) is 18.9 Å². The molecule has 0 aliphatic heterocycles. The van der Waals surface area contributed by atoms with Gasteiger partial charge in [0.1, 0.15) is 11.6 Å². The zero-order chi connectivity index (χ0) is 15.9. The molecule has 1 aromatic carbocycles. The number of fused-ring (bicyclic) bond motifs is 1. The summed E-state index contributed by atoms with van der Waals surface area (Å²) in [7, 11) is 0. The number of hydrogen-bond acceptors (Lipinski definition) is 4. The molecule has 0 N–H and O–H groups in total. The van der Waals surface area contributed by atoms with Gasteiger partial charge in [-0.2, -0.15) is 10.5 Å². The Morgan fingerprint density at radius 3 is 2.82 bits per heavy atom. The molecule has 0 saturated heterocycles. The largest absolute Gasteiger partial charge is 0.462 e. The molecule has 5 nitrogen and oxygen atoms in total. The molecule has 0 spiro atoms. The smallest absolute Gasteiger partial charge is 0.348 e. The lowest BCUT2D eigenvalue weighted by atomic mass is 10.1. The molecular weight excluding hydrogens is 278 g/mol. The van der Waals surface area contributed by atoms with Crippen molar-refractivity contribution in [3.05, 3.63) is 41.6 Å². The van der Waals surface area contributed by atoms with Gasteiger partial charge in [-0.25, -0.2) is 4.79 Å². The number of nitriles is 2. The Balaban J connectivity index is 2.49. The SMILES string of the molecule is CCOC(=O)/C(C#N)=C\c1cn(CCC#N)c2ccccc12. The van der Waals surface area contributed by atoms with E-state index in [9.17, 15) is 4.79 Å². The first kappa shape index (κ1) is 15.3. The maximum absolute atomic E-state index is 11.7. The standard InChI is InChI=1S/C17H15N3O2/c1-2-22-17(21)13(11-19)10-14-12-20(9-5-8-18)16-7-4-3-6-15(14)16/h3-4,6-7,10,12H,2,5,9H2,1H3/b13-10-. The zero-order valence-corrected chi connectivity index (χ0v) is 12.2. The molecule has 2 rings (SSSR count). The highest BCUT2D eigenvalue weighted by molar-refractivity contribution is 6.01. The quantitative estimate of drug-likeness (QED) is 0.482. The molecule has 2 aromatic rings. The minimum Gasteiger partial charge on any atom is -0.462 e. The van der Waals surface area contributed by atoms with Gasteiger partial charge < -0.3 is 9.30 Å². The third kappa shape index (κ3) is 3.16. The van der Waals surface area contributed by atoms with E-state index in [1.54, 1.807) is 6.92 Å². The van der Waals surface area contributed by atoms with Crippen LogP contribution >= 0.6 is 0 Å². The van der Waals surface area contributed by atoms with Crippen molar-refractivity contribution in [2.45, 2.75) is 19.9 Å². The molecular formula is C17H15N3O2. The molecule has 5 heteroatoms. The lowest BCUT2D eigenvalue weighted by Crippen LogP contribution is -2.05. The summed E-state index contributed by atoms with van der Waals surface area (Å²) < 4.78 is 6.82. The summed E-state index contributed by atoms with van der Waals surface area (Å²) in [6.07, 6.45) is 3.77. The van der Waals surface area contributed by atoms with Crippen molar-refractivity contribution in [2.24, 2.45) is 0 Å². The minimum atomic E-state index is -0.626. The first-order chi connectivity index (χ1) is 10.7. The molecule has 0 aliphatic rings. The van der Waals surface area contributed by atoms with Crippen LogP contribution < -0.4 is 0 Å². The van der Waals surface area contributed by atoms with Gasteiger partial charge in [0.05, 0.1) is 19.1 Å². The third-order valence-electron chi connectivity index (χ3n) is 3.20. The second-order valence-electron chi connectivity index (χ2n) is 4.59. The highest BCUT2D eigenvalue weighted by Gasteiger charge is 2.12. The number of benzene rings is 1. The summed E-state index contributed by atoms with van der Waals surface area (Å²) in [4.78, 5) is 11.7. The fourth-order valence-corrected chi connectivity index (χ4v) is 2.25. The molecule has 110 valence electrons. The van der Waals surface area contributed by atoms with Crippen molar-refractivity contribution in [1.82, 2.24) is 4.57 Å². The second-order valence-corrected chi connectivity index (χ2v) is 4.59. The molecule has 0 saturated carbocycles. The van der Waals surface area contributed by atoms with E-state index in [-0.39, 0.29) is 12.2 Å². The van der Waals surface area contributed by atoms with Crippen LogP contribution in [0.2, 0.25) is 0 Å². The third-order valence-corrected chi connectivity index (χ3v) is 3.20. The van der Waals surface area contributed by atoms with E-state index in [1.165, 1.54) is 6.08 Å². The normalized spacial score (nSPS) is 11.0. The van der Waals surface area contributed by atoms with E-state index in [0.717, 1.165) is 16.5 Å². The fraction of sp³-hybridized carbons (Fsp3) is 0.235. The number of rotatable bonds is 5. The number of aryl methyl sites for hydroxylation is 1. The average Bonchev–Trinajstić information content (AvgIpc) is 2.88. The van der Waals surface area contributed by atoms with Crippen LogP contribution in [0.25, 0.3) is 17.0 Å². The Kier molecular flexibility index (Phi) is 4.95. The Hall–Kier alpha value is -3.05. The monoisotopic (exact) mass is 293 g/mol. The summed E-state index contributed by atoms with van der Waals surface area (Å²) in [5.74, 6) is -0.626. The number of carbonyl (C=O) groups is 1. The Morgan fingerprint density at radius 2 is 2.14 bits per heavy atom. The van der Waals surface area contributed by atoms with Gasteiger partial charge in [0, 0.05) is 29.2 Å². The van der Waals surface area contributed by atoms with Gasteiger partial charge >= 0.3 is 5.97 Å². The fourth-order valence-electron chi connectivity index (χ4n) is 2.25. The molecule has 0 atom stereocenters. The van der Waals surface area contributed by atoms with E-state index >= 15 is 0 Å². The van der Waals surface area contributed by atoms with Gasteiger partial charge in [-0.1, -0.05) is 18.2 Å². The van der Waals surface area contributed by atoms with Crippen LogP contribution in [0.15, 0.2) is 36.0 Å². The molecule has 1 heterocycles. The first-order valence-corrected chi connectivity index (χ1v) is 6.95. The van der Waals surface area contributed by atoms with E-state index in [1.807, 2.05) is 41.1 Å². The van der Waals surface area contributed by atoms with Crippen molar-refractivity contribution < 1.29 is 9.53 Å². The Morgan fingerprint density at radius 1 is 1.36 bits per heavy atom. The topological polar surface area (TPSA) is 78.8 Å². The molecule has 0 aliphatic carbocycles. The summed E-state index contributed by atoms with van der Waals surface area (Å²) in [5.41, 5.74) is 1.69. The second kappa shape index (κ2) is 7.10. The number of aromatic nitrogens is 1. The van der Waals surface area contributed by atoms with Gasteiger partial charge in [0.2, 0.25) is 0 Å². The molecule has 0 amide bonds. The van der Waals surface area contributed by atoms with Gasteiger partial charge in [-0.3, -0.25) is 0 Å². The summed E-state index contributed by atoms with van der Waals surface area (Å²) >= 11 is 0. The van der Waals surface area contributed by atoms with E-state index in [0.29, 0.717) is 13.0 Å². The first-order valence-electron chi connectivity index (χ1n) is 6.95. The molecule has 22 heavy (non-hydrogen) atoms. The highest BCUT2D eigenvalue weighted by atomic mass is 16.5. The van der Waals surface area contributed by atoms with Crippen LogP contribution in [0.3, 0.4) is 0 Å². The maximum atomic E-state index is 11.7. The van der Waals surface area contributed by atoms with E-state index in [2.05, 4.69) is 6.07 Å². The molecule has 0 fully saturated rings. The Bertz CT molecular complexity index is 803. The van der Waals surface area contributed by atoms with Crippen molar-refractivity contribution in [3.63, 3.8) is 0 Å². The number of nitrogens with zero attached hydrogens (tertiary/aromatic N) is 3. The maximum Gasteiger partial charge on any atom is 0.348 e. The van der Waals surface area contributed by atoms with Crippen molar-refractivity contribution >= 4 is 22.9 Å². The molecule has 0 radical (unpaired) electrons. The van der Waals surface area contributed by atoms with E-state index in [4.69, 9.17) is 15.3 Å². The average molecular weight is 293 g/mol. The van der Waals surface area contributed by atoms with Crippen molar-refractivity contribution in [2.75, 3.05) is 6.61 Å². The number of carbonyl (C=O) groups excluding carboxylic acids is 1. The summed E-state index contributed by atoms with van der Waals surface area (Å²) in [6, 6.07) is 11.7. The molecule has 1 aromatic heterocycles. The lowest BCUT2D eigenvalue weighted by molar-refractivity contribution is -0.137. The summed E-state index contributed by atoms with van der Waals surface area (Å²) in [6.45, 7) is 2.48. The molecule has 0 unspecified atom stereocenters. The van der Waals surface area contributed by atoms with Crippen molar-refractivity contribution in [1.29, 1.82) is 10.5 Å². The van der Waals surface area contributed by atoms with Gasteiger partial charge in [0.15, 0.2) is 0 Å². The van der Waals surface area contributed by atoms with E-state index < -0.39 is 5.97 Å². The van der Waals surface area contributed by atoms with Gasteiger partial charge in [-0.15, -0.1) is 0 Å². The number of ether oxygens (including phenoxy) is 1.